The van der Waals surface area contributed by atoms with Crippen molar-refractivity contribution in [3.63, 3.8) is 0 Å². The van der Waals surface area contributed by atoms with Gasteiger partial charge in [0.25, 0.3) is 0 Å². The van der Waals surface area contributed by atoms with E-state index in [0.717, 1.165) is 0 Å². The van der Waals surface area contributed by atoms with Crippen LogP contribution in [0.2, 0.25) is 0 Å². The monoisotopic (exact) mass is 354 g/mol. The zero-order valence-electron chi connectivity index (χ0n) is 14.8. The van der Waals surface area contributed by atoms with Gasteiger partial charge in [-0.25, -0.2) is 4.79 Å². The summed E-state index contributed by atoms with van der Waals surface area (Å²) in [6.07, 6.45) is 0.267. The normalized spacial score (nSPS) is 12.7. The van der Waals surface area contributed by atoms with E-state index in [1.807, 2.05) is 13.0 Å². The first-order chi connectivity index (χ1) is 12.5. The first-order valence-corrected chi connectivity index (χ1v) is 8.39. The number of carboxylic acid groups (broad SMARTS) is 1. The van der Waals surface area contributed by atoms with Crippen molar-refractivity contribution in [3.05, 3.63) is 59.2 Å². The fourth-order valence-electron chi connectivity index (χ4n) is 2.82. The van der Waals surface area contributed by atoms with E-state index in [1.165, 1.54) is 0 Å². The Kier molecular flexibility index (Phi) is 6.21. The van der Waals surface area contributed by atoms with Gasteiger partial charge in [0.05, 0.1) is 24.8 Å². The van der Waals surface area contributed by atoms with Crippen LogP contribution in [0.3, 0.4) is 0 Å². The minimum Gasteiger partial charge on any atom is -0.494 e. The molecule has 0 spiro atoms. The number of anilines is 1. The lowest BCUT2D eigenvalue weighted by Gasteiger charge is -2.32. The third kappa shape index (κ3) is 3.95. The number of carboxylic acids is 1. The highest BCUT2D eigenvalue weighted by Gasteiger charge is 2.39. The Morgan fingerprint density at radius 3 is 2.42 bits per heavy atom. The molecular weight excluding hydrogens is 332 g/mol. The van der Waals surface area contributed by atoms with Gasteiger partial charge >= 0.3 is 5.97 Å². The molecule has 1 atom stereocenters. The summed E-state index contributed by atoms with van der Waals surface area (Å²) in [5, 5.41) is 31.5. The van der Waals surface area contributed by atoms with E-state index in [1.54, 1.807) is 49.4 Å². The van der Waals surface area contributed by atoms with Gasteiger partial charge in [0.15, 0.2) is 5.54 Å². The number of aliphatic carboxylic acids is 1. The molecule has 0 saturated carbocycles. The SMILES string of the molecule is CCOc1cc(CO)cc(C(CC)(Nc2ccc(C#N)cc2)C(=O)O)c1. The second-order valence-corrected chi connectivity index (χ2v) is 5.83. The Hall–Kier alpha value is -3.04. The van der Waals surface area contributed by atoms with E-state index in [2.05, 4.69) is 5.32 Å². The van der Waals surface area contributed by atoms with Crippen molar-refractivity contribution in [1.82, 2.24) is 0 Å². The van der Waals surface area contributed by atoms with Crippen LogP contribution in [-0.2, 0) is 16.9 Å². The quantitative estimate of drug-likeness (QED) is 0.672. The van der Waals surface area contributed by atoms with Crippen molar-refractivity contribution in [2.75, 3.05) is 11.9 Å². The second-order valence-electron chi connectivity index (χ2n) is 5.83. The van der Waals surface area contributed by atoms with Gasteiger partial charge in [0.2, 0.25) is 0 Å². The molecule has 0 radical (unpaired) electrons. The van der Waals surface area contributed by atoms with Crippen molar-refractivity contribution >= 4 is 11.7 Å². The molecule has 2 aromatic rings. The summed E-state index contributed by atoms with van der Waals surface area (Å²) >= 11 is 0. The largest absolute Gasteiger partial charge is 0.494 e. The molecular formula is C20H22N2O4. The average Bonchev–Trinajstić information content (AvgIpc) is 2.66. The molecule has 136 valence electrons. The van der Waals surface area contributed by atoms with Crippen LogP contribution >= 0.6 is 0 Å². The number of rotatable bonds is 8. The van der Waals surface area contributed by atoms with Crippen LogP contribution in [0.4, 0.5) is 5.69 Å². The van der Waals surface area contributed by atoms with Crippen LogP contribution in [0, 0.1) is 11.3 Å². The number of hydrogen-bond donors (Lipinski definition) is 3. The molecule has 0 saturated heterocycles. The Balaban J connectivity index is 2.53. The van der Waals surface area contributed by atoms with Gasteiger partial charge < -0.3 is 20.3 Å². The standard InChI is InChI=1S/C20H22N2O4/c1-3-20(19(24)25,22-17-7-5-14(12-21)6-8-17)16-9-15(13-23)10-18(11-16)26-4-2/h5-11,22-23H,3-4,13H2,1-2H3,(H,24,25). The maximum absolute atomic E-state index is 12.2. The lowest BCUT2D eigenvalue weighted by molar-refractivity contribution is -0.142. The summed E-state index contributed by atoms with van der Waals surface area (Å²) in [5.41, 5.74) is 0.749. The summed E-state index contributed by atoms with van der Waals surface area (Å²) in [6, 6.07) is 13.7. The molecule has 0 aromatic heterocycles. The van der Waals surface area contributed by atoms with E-state index < -0.39 is 11.5 Å². The highest BCUT2D eigenvalue weighted by atomic mass is 16.5. The molecule has 6 nitrogen and oxygen atoms in total. The number of benzene rings is 2. The van der Waals surface area contributed by atoms with Crippen LogP contribution in [-0.4, -0.2) is 22.8 Å². The summed E-state index contributed by atoms with van der Waals surface area (Å²) in [4.78, 5) is 12.2. The zero-order chi connectivity index (χ0) is 19.2. The highest BCUT2D eigenvalue weighted by molar-refractivity contribution is 5.85. The van der Waals surface area contributed by atoms with Crippen LogP contribution in [0.5, 0.6) is 5.75 Å². The lowest BCUT2D eigenvalue weighted by Crippen LogP contribution is -2.43. The van der Waals surface area contributed by atoms with E-state index in [4.69, 9.17) is 10.00 Å². The number of aliphatic hydroxyl groups is 1. The third-order valence-corrected chi connectivity index (χ3v) is 4.22. The summed E-state index contributed by atoms with van der Waals surface area (Å²) in [7, 11) is 0. The van der Waals surface area contributed by atoms with Crippen LogP contribution in [0.15, 0.2) is 42.5 Å². The minimum absolute atomic E-state index is 0.218. The van der Waals surface area contributed by atoms with Crippen molar-refractivity contribution < 1.29 is 19.7 Å². The van der Waals surface area contributed by atoms with Crippen molar-refractivity contribution in [1.29, 1.82) is 5.26 Å². The number of nitrogens with zero attached hydrogens (tertiary/aromatic N) is 1. The average molecular weight is 354 g/mol. The fraction of sp³-hybridized carbons (Fsp3) is 0.300. The number of nitrogens with one attached hydrogen (secondary N) is 1. The Morgan fingerprint density at radius 1 is 1.23 bits per heavy atom. The molecule has 0 aliphatic heterocycles. The topological polar surface area (TPSA) is 103 Å². The molecule has 0 heterocycles. The number of ether oxygens (including phenoxy) is 1. The summed E-state index contributed by atoms with van der Waals surface area (Å²) in [6.45, 7) is 3.83. The molecule has 6 heteroatoms. The maximum Gasteiger partial charge on any atom is 0.334 e. The Bertz CT molecular complexity index is 812. The van der Waals surface area contributed by atoms with E-state index >= 15 is 0 Å². The molecule has 3 N–H and O–H groups in total. The lowest BCUT2D eigenvalue weighted by atomic mass is 9.85. The van der Waals surface area contributed by atoms with Gasteiger partial charge in [0, 0.05) is 5.69 Å². The summed E-state index contributed by atoms with van der Waals surface area (Å²) in [5.74, 6) is -0.531. The molecule has 2 rings (SSSR count). The Morgan fingerprint density at radius 2 is 1.92 bits per heavy atom. The van der Waals surface area contributed by atoms with Crippen molar-refractivity contribution in [2.45, 2.75) is 32.4 Å². The molecule has 0 bridgehead atoms. The molecule has 2 aromatic carbocycles. The third-order valence-electron chi connectivity index (χ3n) is 4.22. The van der Waals surface area contributed by atoms with E-state index in [9.17, 15) is 15.0 Å². The minimum atomic E-state index is -1.40. The maximum atomic E-state index is 12.2. The molecule has 1 unspecified atom stereocenters. The number of nitriles is 1. The van der Waals surface area contributed by atoms with E-state index in [0.29, 0.717) is 34.7 Å². The molecule has 0 aliphatic carbocycles. The molecule has 0 aliphatic rings. The number of hydrogen-bond acceptors (Lipinski definition) is 5. The van der Waals surface area contributed by atoms with Gasteiger partial charge in [-0.2, -0.15) is 5.26 Å². The highest BCUT2D eigenvalue weighted by Crippen LogP contribution is 2.33. The Labute approximate surface area is 152 Å². The molecule has 0 amide bonds. The van der Waals surface area contributed by atoms with Gasteiger partial charge in [0.1, 0.15) is 5.75 Å². The van der Waals surface area contributed by atoms with Crippen LogP contribution in [0.1, 0.15) is 37.0 Å². The first-order valence-electron chi connectivity index (χ1n) is 8.39. The van der Waals surface area contributed by atoms with Crippen molar-refractivity contribution in [3.8, 4) is 11.8 Å². The number of aliphatic hydroxyl groups excluding tert-OH is 1. The van der Waals surface area contributed by atoms with Gasteiger partial charge in [-0.05, 0) is 60.9 Å². The zero-order valence-corrected chi connectivity index (χ0v) is 14.8. The van der Waals surface area contributed by atoms with Crippen molar-refractivity contribution in [2.24, 2.45) is 0 Å². The van der Waals surface area contributed by atoms with Crippen LogP contribution < -0.4 is 10.1 Å². The first kappa shape index (κ1) is 19.3. The van der Waals surface area contributed by atoms with Gasteiger partial charge in [-0.3, -0.25) is 0 Å². The second kappa shape index (κ2) is 8.37. The van der Waals surface area contributed by atoms with Gasteiger partial charge in [-0.1, -0.05) is 13.0 Å². The van der Waals surface area contributed by atoms with Crippen LogP contribution in [0.25, 0.3) is 0 Å². The fourth-order valence-corrected chi connectivity index (χ4v) is 2.82. The smallest absolute Gasteiger partial charge is 0.334 e. The van der Waals surface area contributed by atoms with E-state index in [-0.39, 0.29) is 13.0 Å². The predicted molar refractivity (Wildman–Crippen MR) is 97.9 cm³/mol. The number of carbonyl (C=O) groups is 1. The summed E-state index contributed by atoms with van der Waals surface area (Å²) < 4.78 is 5.52. The molecule has 0 fully saturated rings. The molecule has 26 heavy (non-hydrogen) atoms. The van der Waals surface area contributed by atoms with Gasteiger partial charge in [-0.15, -0.1) is 0 Å². The predicted octanol–water partition coefficient (Wildman–Crippen LogP) is 3.25.